The molecule has 1 aliphatic heterocycles. The lowest BCUT2D eigenvalue weighted by Gasteiger charge is -2.21. The summed E-state index contributed by atoms with van der Waals surface area (Å²) in [5.74, 6) is 0.606. The van der Waals surface area contributed by atoms with E-state index in [0.717, 1.165) is 17.7 Å². The average Bonchev–Trinajstić information content (AvgIpc) is 3.35. The molecule has 0 saturated heterocycles. The van der Waals surface area contributed by atoms with Gasteiger partial charge in [0.05, 0.1) is 18.5 Å². The summed E-state index contributed by atoms with van der Waals surface area (Å²) in [5, 5.41) is 16.0. The van der Waals surface area contributed by atoms with Gasteiger partial charge in [-0.15, -0.1) is 16.9 Å². The number of carbonyl (C=O) groups excluding carboxylic acids is 1. The molecule has 0 bridgehead atoms. The number of thioether (sulfide) groups is 1. The molecule has 0 radical (unpaired) electrons. The topological polar surface area (TPSA) is 145 Å². The second kappa shape index (κ2) is 10.5. The third kappa shape index (κ3) is 6.35. The van der Waals surface area contributed by atoms with Crippen molar-refractivity contribution >= 4 is 46.7 Å². The Balaban J connectivity index is 1.77. The van der Waals surface area contributed by atoms with Crippen molar-refractivity contribution < 1.29 is 18.3 Å². The van der Waals surface area contributed by atoms with Crippen LogP contribution in [0.2, 0.25) is 0 Å². The van der Waals surface area contributed by atoms with Crippen molar-refractivity contribution in [3.8, 4) is 0 Å². The Morgan fingerprint density at radius 2 is 2.16 bits per heavy atom. The summed E-state index contributed by atoms with van der Waals surface area (Å²) < 4.78 is 30.0. The van der Waals surface area contributed by atoms with E-state index in [1.165, 1.54) is 11.8 Å². The Morgan fingerprint density at radius 1 is 1.42 bits per heavy atom. The number of rotatable bonds is 9. The van der Waals surface area contributed by atoms with E-state index in [4.69, 9.17) is 0 Å². The predicted molar refractivity (Wildman–Crippen MR) is 120 cm³/mol. The molecule has 2 aromatic rings. The third-order valence-corrected chi connectivity index (χ3v) is 6.07. The van der Waals surface area contributed by atoms with E-state index in [-0.39, 0.29) is 12.0 Å². The SMILES string of the molecule is CCC1NC([C@H](Cc2ccc(NS(=O)[O-])cc2)Nc2nc(NC(=O)OC)n(C)n2)=CS1. The van der Waals surface area contributed by atoms with Crippen molar-refractivity contribution in [2.24, 2.45) is 7.05 Å². The van der Waals surface area contributed by atoms with Crippen LogP contribution in [0.25, 0.3) is 0 Å². The Hall–Kier alpha value is -2.77. The van der Waals surface area contributed by atoms with Gasteiger partial charge in [0.2, 0.25) is 11.9 Å². The highest BCUT2D eigenvalue weighted by molar-refractivity contribution is 8.02. The summed E-state index contributed by atoms with van der Waals surface area (Å²) in [6.45, 7) is 2.11. The molecular weight excluding hydrogens is 442 g/mol. The summed E-state index contributed by atoms with van der Waals surface area (Å²) in [7, 11) is 2.94. The van der Waals surface area contributed by atoms with E-state index in [1.54, 1.807) is 30.9 Å². The van der Waals surface area contributed by atoms with Gasteiger partial charge in [-0.3, -0.25) is 9.53 Å². The van der Waals surface area contributed by atoms with Crippen molar-refractivity contribution in [3.05, 3.63) is 40.9 Å². The molecule has 2 unspecified atom stereocenters. The van der Waals surface area contributed by atoms with Gasteiger partial charge < -0.3 is 24.6 Å². The van der Waals surface area contributed by atoms with Crippen LogP contribution in [-0.2, 0) is 29.5 Å². The minimum atomic E-state index is -2.36. The highest BCUT2D eigenvalue weighted by Gasteiger charge is 2.24. The second-order valence-electron chi connectivity index (χ2n) is 6.68. The van der Waals surface area contributed by atoms with E-state index in [1.807, 2.05) is 12.1 Å². The lowest BCUT2D eigenvalue weighted by atomic mass is 10.0. The van der Waals surface area contributed by atoms with Gasteiger partial charge in [-0.05, 0) is 35.9 Å². The largest absolute Gasteiger partial charge is 0.755 e. The molecule has 4 N–H and O–H groups in total. The van der Waals surface area contributed by atoms with Crippen LogP contribution >= 0.6 is 11.8 Å². The van der Waals surface area contributed by atoms with Crippen LogP contribution in [0.5, 0.6) is 0 Å². The number of aryl methyl sites for hydroxylation is 1. The van der Waals surface area contributed by atoms with E-state index in [2.05, 4.69) is 47.8 Å². The van der Waals surface area contributed by atoms with Crippen LogP contribution in [0.3, 0.4) is 0 Å². The van der Waals surface area contributed by atoms with Gasteiger partial charge in [0, 0.05) is 29.7 Å². The summed E-state index contributed by atoms with van der Waals surface area (Å²) in [6.07, 6.45) is 0.946. The van der Waals surface area contributed by atoms with Crippen LogP contribution < -0.4 is 20.7 Å². The quantitative estimate of drug-likeness (QED) is 0.408. The van der Waals surface area contributed by atoms with Crippen molar-refractivity contribution in [2.75, 3.05) is 22.5 Å². The number of carbonyl (C=O) groups is 1. The van der Waals surface area contributed by atoms with Crippen LogP contribution in [-0.4, -0.2) is 48.1 Å². The van der Waals surface area contributed by atoms with Crippen LogP contribution in [0.1, 0.15) is 18.9 Å². The number of nitrogens with one attached hydrogen (secondary N) is 4. The molecule has 1 aliphatic rings. The number of hydrogen-bond acceptors (Lipinski definition) is 9. The van der Waals surface area contributed by atoms with Crippen LogP contribution in [0.15, 0.2) is 35.4 Å². The van der Waals surface area contributed by atoms with Gasteiger partial charge >= 0.3 is 6.09 Å². The van der Waals surface area contributed by atoms with Crippen LogP contribution in [0.4, 0.5) is 22.4 Å². The molecule has 11 nitrogen and oxygen atoms in total. The lowest BCUT2D eigenvalue weighted by Crippen LogP contribution is -2.33. The lowest BCUT2D eigenvalue weighted by molar-refractivity contribution is 0.186. The molecule has 0 spiro atoms. The first-order valence-corrected chi connectivity index (χ1v) is 11.5. The molecule has 0 fully saturated rings. The van der Waals surface area contributed by atoms with E-state index in [9.17, 15) is 13.6 Å². The number of nitrogens with zero attached hydrogens (tertiary/aromatic N) is 3. The number of methoxy groups -OCH3 is 1. The molecule has 2 heterocycles. The second-order valence-corrected chi connectivity index (χ2v) is 8.43. The molecule has 3 atom stereocenters. The molecule has 0 saturated carbocycles. The van der Waals surface area contributed by atoms with Gasteiger partial charge in [0.25, 0.3) is 0 Å². The number of anilines is 3. The number of ether oxygens (including phenoxy) is 1. The fraction of sp³-hybridized carbons (Fsp3) is 0.389. The molecule has 1 amide bonds. The highest BCUT2D eigenvalue weighted by atomic mass is 32.2. The molecule has 0 aliphatic carbocycles. The van der Waals surface area contributed by atoms with E-state index in [0.29, 0.717) is 23.4 Å². The fourth-order valence-corrected chi connectivity index (χ4v) is 4.19. The van der Waals surface area contributed by atoms with Crippen molar-refractivity contribution in [1.29, 1.82) is 0 Å². The van der Waals surface area contributed by atoms with Gasteiger partial charge in [-0.25, -0.2) is 9.48 Å². The molecule has 13 heteroatoms. The van der Waals surface area contributed by atoms with Gasteiger partial charge in [0.1, 0.15) is 0 Å². The normalized spacial score (nSPS) is 17.3. The summed E-state index contributed by atoms with van der Waals surface area (Å²) in [5.41, 5.74) is 2.50. The smallest absolute Gasteiger partial charge is 0.413 e. The summed E-state index contributed by atoms with van der Waals surface area (Å²) in [4.78, 5) is 15.8. The molecule has 3 rings (SSSR count). The average molecular weight is 467 g/mol. The Labute approximate surface area is 186 Å². The molecule has 168 valence electrons. The number of aromatic nitrogens is 3. The van der Waals surface area contributed by atoms with E-state index < -0.39 is 17.4 Å². The zero-order valence-corrected chi connectivity index (χ0v) is 18.9. The first-order valence-electron chi connectivity index (χ1n) is 9.47. The molecule has 1 aromatic heterocycles. The monoisotopic (exact) mass is 466 g/mol. The minimum Gasteiger partial charge on any atom is -0.755 e. The molecular formula is C18H24N7O4S2-. The Morgan fingerprint density at radius 3 is 2.77 bits per heavy atom. The maximum atomic E-state index is 11.5. The third-order valence-electron chi connectivity index (χ3n) is 4.49. The Bertz CT molecular complexity index is 964. The van der Waals surface area contributed by atoms with Crippen molar-refractivity contribution in [2.45, 2.75) is 31.2 Å². The minimum absolute atomic E-state index is 0.162. The van der Waals surface area contributed by atoms with Crippen molar-refractivity contribution in [3.63, 3.8) is 0 Å². The molecule has 1 aromatic carbocycles. The summed E-state index contributed by atoms with van der Waals surface area (Å²) in [6, 6.07) is 6.98. The zero-order valence-electron chi connectivity index (χ0n) is 17.2. The van der Waals surface area contributed by atoms with Crippen LogP contribution in [0, 0.1) is 0 Å². The first-order chi connectivity index (χ1) is 14.9. The fourth-order valence-electron chi connectivity index (χ4n) is 2.92. The number of benzene rings is 1. The zero-order chi connectivity index (χ0) is 22.4. The Kier molecular flexibility index (Phi) is 7.76. The van der Waals surface area contributed by atoms with Gasteiger partial charge in [-0.2, -0.15) is 4.98 Å². The first kappa shape index (κ1) is 22.9. The standard InChI is InChI=1S/C18H25N7O4S2/c1-4-15-19-14(10-30-15)13(9-11-5-7-12(8-6-11)24-31(27)28)20-16-21-17(25(2)23-16)22-18(26)29-3/h5-8,10,13,15,19,24H,4,9H2,1-3H3,(H,27,28)(H2,20,21,22,23,26)/p-1/t13-,15?/m0/s1. The van der Waals surface area contributed by atoms with E-state index >= 15 is 0 Å². The maximum Gasteiger partial charge on any atom is 0.413 e. The van der Waals surface area contributed by atoms with Gasteiger partial charge in [-0.1, -0.05) is 19.1 Å². The van der Waals surface area contributed by atoms with Gasteiger partial charge in [0.15, 0.2) is 0 Å². The number of hydrogen-bond donors (Lipinski definition) is 4. The highest BCUT2D eigenvalue weighted by Crippen LogP contribution is 2.27. The maximum absolute atomic E-state index is 11.5. The molecule has 31 heavy (non-hydrogen) atoms. The van der Waals surface area contributed by atoms with Crippen molar-refractivity contribution in [1.82, 2.24) is 20.1 Å². The predicted octanol–water partition coefficient (Wildman–Crippen LogP) is 2.14. The number of amides is 1. The summed E-state index contributed by atoms with van der Waals surface area (Å²) >= 11 is -0.647.